The number of anilines is 1. The van der Waals surface area contributed by atoms with Crippen molar-refractivity contribution in [1.82, 2.24) is 15.2 Å². The fourth-order valence-electron chi connectivity index (χ4n) is 2.77. The predicted octanol–water partition coefficient (Wildman–Crippen LogP) is 1.85. The summed E-state index contributed by atoms with van der Waals surface area (Å²) in [6, 6.07) is 10.9. The van der Waals surface area contributed by atoms with E-state index in [1.807, 2.05) is 13.0 Å². The summed E-state index contributed by atoms with van der Waals surface area (Å²) < 4.78 is 5.09. The van der Waals surface area contributed by atoms with E-state index in [9.17, 15) is 14.4 Å². The maximum atomic E-state index is 12.5. The summed E-state index contributed by atoms with van der Waals surface area (Å²) in [7, 11) is 1.56. The van der Waals surface area contributed by atoms with E-state index in [2.05, 4.69) is 15.6 Å². The van der Waals surface area contributed by atoms with Gasteiger partial charge in [-0.15, -0.1) is 0 Å². The molecule has 0 aliphatic carbocycles. The summed E-state index contributed by atoms with van der Waals surface area (Å²) in [6.07, 6.45) is -0.153. The normalized spacial score (nSPS) is 16.2. The monoisotopic (exact) mass is 368 g/mol. The Morgan fingerprint density at radius 1 is 1.22 bits per heavy atom. The van der Waals surface area contributed by atoms with Gasteiger partial charge in [-0.1, -0.05) is 18.2 Å². The Balaban J connectivity index is 1.60. The average Bonchev–Trinajstić information content (AvgIpc) is 2.89. The van der Waals surface area contributed by atoms with Crippen LogP contribution in [0.3, 0.4) is 0 Å². The Bertz CT molecular complexity index is 866. The Morgan fingerprint density at radius 3 is 2.63 bits per heavy atom. The van der Waals surface area contributed by atoms with E-state index in [1.54, 1.807) is 43.5 Å². The maximum absolute atomic E-state index is 12.5. The molecule has 1 aromatic heterocycles. The third-order valence-electron chi connectivity index (χ3n) is 4.15. The number of aromatic nitrogens is 1. The van der Waals surface area contributed by atoms with Gasteiger partial charge in [0.2, 0.25) is 5.91 Å². The van der Waals surface area contributed by atoms with Crippen molar-refractivity contribution in [3.05, 3.63) is 53.7 Å². The van der Waals surface area contributed by atoms with Crippen molar-refractivity contribution in [3.63, 3.8) is 0 Å². The van der Waals surface area contributed by atoms with Crippen molar-refractivity contribution >= 4 is 23.7 Å². The molecule has 8 nitrogen and oxygen atoms in total. The zero-order valence-electron chi connectivity index (χ0n) is 15.1. The summed E-state index contributed by atoms with van der Waals surface area (Å²) in [5.41, 5.74) is 1.55. The number of carbonyl (C=O) groups excluding carboxylic acids is 3. The van der Waals surface area contributed by atoms with Crippen molar-refractivity contribution < 1.29 is 19.1 Å². The van der Waals surface area contributed by atoms with Gasteiger partial charge in [0.1, 0.15) is 17.6 Å². The van der Waals surface area contributed by atoms with Crippen LogP contribution in [0.4, 0.5) is 10.6 Å². The van der Waals surface area contributed by atoms with E-state index in [-0.39, 0.29) is 13.0 Å². The number of nitrogens with one attached hydrogen (secondary N) is 2. The van der Waals surface area contributed by atoms with Crippen molar-refractivity contribution in [2.24, 2.45) is 0 Å². The SMILES string of the molecule is COc1ccc(CN2C(=O)N[C@H](CC(=O)Nc3cccc(C)n3)C2=O)cc1. The highest BCUT2D eigenvalue weighted by molar-refractivity contribution is 6.06. The fraction of sp³-hybridized carbons (Fsp3) is 0.263. The van der Waals surface area contributed by atoms with E-state index >= 15 is 0 Å². The van der Waals surface area contributed by atoms with Crippen molar-refractivity contribution in [1.29, 1.82) is 0 Å². The molecule has 4 amide bonds. The van der Waals surface area contributed by atoms with Gasteiger partial charge in [-0.05, 0) is 36.8 Å². The minimum Gasteiger partial charge on any atom is -0.497 e. The lowest BCUT2D eigenvalue weighted by Gasteiger charge is -2.13. The number of aryl methyl sites for hydroxylation is 1. The summed E-state index contributed by atoms with van der Waals surface area (Å²) in [5, 5.41) is 5.19. The van der Waals surface area contributed by atoms with E-state index < -0.39 is 23.9 Å². The number of hydrogen-bond acceptors (Lipinski definition) is 5. The van der Waals surface area contributed by atoms with Crippen LogP contribution >= 0.6 is 0 Å². The predicted molar refractivity (Wildman–Crippen MR) is 98.1 cm³/mol. The van der Waals surface area contributed by atoms with E-state index in [1.165, 1.54) is 0 Å². The molecule has 0 unspecified atom stereocenters. The van der Waals surface area contributed by atoms with Crippen LogP contribution in [0, 0.1) is 6.92 Å². The van der Waals surface area contributed by atoms with Gasteiger partial charge in [0.25, 0.3) is 5.91 Å². The molecule has 140 valence electrons. The minimum atomic E-state index is -0.888. The molecular weight excluding hydrogens is 348 g/mol. The second-order valence-electron chi connectivity index (χ2n) is 6.19. The highest BCUT2D eigenvalue weighted by Crippen LogP contribution is 2.17. The number of rotatable bonds is 6. The lowest BCUT2D eigenvalue weighted by atomic mass is 10.1. The zero-order chi connectivity index (χ0) is 19.4. The highest BCUT2D eigenvalue weighted by atomic mass is 16.5. The van der Waals surface area contributed by atoms with Crippen LogP contribution in [-0.4, -0.2) is 40.9 Å². The molecule has 1 atom stereocenters. The van der Waals surface area contributed by atoms with Gasteiger partial charge in [0.05, 0.1) is 20.1 Å². The first-order valence-corrected chi connectivity index (χ1v) is 8.44. The van der Waals surface area contributed by atoms with Gasteiger partial charge >= 0.3 is 6.03 Å². The van der Waals surface area contributed by atoms with Crippen LogP contribution in [0.15, 0.2) is 42.5 Å². The summed E-state index contributed by atoms with van der Waals surface area (Å²) in [6.45, 7) is 1.94. The van der Waals surface area contributed by atoms with Gasteiger partial charge in [-0.25, -0.2) is 9.78 Å². The molecule has 1 aromatic carbocycles. The molecule has 3 rings (SSSR count). The molecule has 0 bridgehead atoms. The summed E-state index contributed by atoms with van der Waals surface area (Å²) in [4.78, 5) is 42.1. The largest absolute Gasteiger partial charge is 0.497 e. The summed E-state index contributed by atoms with van der Waals surface area (Å²) in [5.74, 6) is 0.281. The van der Waals surface area contributed by atoms with Crippen LogP contribution in [0.25, 0.3) is 0 Å². The Labute approximate surface area is 156 Å². The van der Waals surface area contributed by atoms with E-state index in [0.29, 0.717) is 11.6 Å². The topological polar surface area (TPSA) is 101 Å². The van der Waals surface area contributed by atoms with Crippen molar-refractivity contribution in [2.75, 3.05) is 12.4 Å². The van der Waals surface area contributed by atoms with E-state index in [0.717, 1.165) is 16.2 Å². The first-order valence-electron chi connectivity index (χ1n) is 8.44. The standard InChI is InChI=1S/C19H20N4O4/c1-12-4-3-5-16(20-12)22-17(24)10-15-18(25)23(19(26)21-15)11-13-6-8-14(27-2)9-7-13/h3-9,15H,10-11H2,1-2H3,(H,21,26)(H,20,22,24)/t15-/m1/s1. The molecule has 1 aliphatic rings. The number of methoxy groups -OCH3 is 1. The number of ether oxygens (including phenoxy) is 1. The quantitative estimate of drug-likeness (QED) is 0.758. The third kappa shape index (κ3) is 4.41. The highest BCUT2D eigenvalue weighted by Gasteiger charge is 2.39. The lowest BCUT2D eigenvalue weighted by Crippen LogP contribution is -2.34. The Hall–Kier alpha value is -3.42. The number of pyridine rings is 1. The number of imide groups is 1. The first kappa shape index (κ1) is 18.4. The van der Waals surface area contributed by atoms with Crippen LogP contribution < -0.4 is 15.4 Å². The molecule has 1 fully saturated rings. The first-order chi connectivity index (χ1) is 13.0. The fourth-order valence-corrected chi connectivity index (χ4v) is 2.77. The van der Waals surface area contributed by atoms with Gasteiger partial charge in [-0.3, -0.25) is 14.5 Å². The second kappa shape index (κ2) is 7.86. The van der Waals surface area contributed by atoms with Gasteiger partial charge in [0.15, 0.2) is 0 Å². The van der Waals surface area contributed by atoms with Crippen LogP contribution in [0.5, 0.6) is 5.75 Å². The Morgan fingerprint density at radius 2 is 1.96 bits per heavy atom. The third-order valence-corrected chi connectivity index (χ3v) is 4.15. The number of carbonyl (C=O) groups is 3. The molecule has 2 heterocycles. The number of nitrogens with zero attached hydrogens (tertiary/aromatic N) is 2. The van der Waals surface area contributed by atoms with Crippen molar-refractivity contribution in [2.45, 2.75) is 25.9 Å². The number of hydrogen-bond donors (Lipinski definition) is 2. The average molecular weight is 368 g/mol. The molecule has 8 heteroatoms. The van der Waals surface area contributed by atoms with Gasteiger partial charge in [0, 0.05) is 5.69 Å². The molecular formula is C19H20N4O4. The molecule has 2 N–H and O–H groups in total. The molecule has 0 spiro atoms. The molecule has 2 aromatic rings. The van der Waals surface area contributed by atoms with Gasteiger partial charge in [-0.2, -0.15) is 0 Å². The molecule has 0 saturated carbocycles. The number of urea groups is 1. The Kier molecular flexibility index (Phi) is 5.35. The van der Waals surface area contributed by atoms with Crippen LogP contribution in [0.2, 0.25) is 0 Å². The second-order valence-corrected chi connectivity index (χ2v) is 6.19. The van der Waals surface area contributed by atoms with Crippen LogP contribution in [-0.2, 0) is 16.1 Å². The van der Waals surface area contributed by atoms with Crippen molar-refractivity contribution in [3.8, 4) is 5.75 Å². The van der Waals surface area contributed by atoms with E-state index in [4.69, 9.17) is 4.74 Å². The molecule has 27 heavy (non-hydrogen) atoms. The van der Waals surface area contributed by atoms with Gasteiger partial charge < -0.3 is 15.4 Å². The molecule has 0 radical (unpaired) electrons. The van der Waals surface area contributed by atoms with Crippen LogP contribution in [0.1, 0.15) is 17.7 Å². The smallest absolute Gasteiger partial charge is 0.325 e. The number of amides is 4. The molecule has 1 aliphatic heterocycles. The summed E-state index contributed by atoms with van der Waals surface area (Å²) >= 11 is 0. The molecule has 1 saturated heterocycles. The minimum absolute atomic E-state index is 0.131. The maximum Gasteiger partial charge on any atom is 0.325 e. The zero-order valence-corrected chi connectivity index (χ0v) is 15.1. The lowest BCUT2D eigenvalue weighted by molar-refractivity contribution is -0.130. The number of benzene rings is 1.